The molecule has 0 atom stereocenters. The molecule has 146 valence electrons. The molecule has 7 heteroatoms. The number of benzene rings is 2. The lowest BCUT2D eigenvalue weighted by molar-refractivity contribution is 0.0463. The third kappa shape index (κ3) is 4.93. The van der Waals surface area contributed by atoms with Crippen LogP contribution in [0.4, 0.5) is 0 Å². The van der Waals surface area contributed by atoms with Gasteiger partial charge in [0.05, 0.1) is 16.3 Å². The number of hydrogen-bond acceptors (Lipinski definition) is 7. The third-order valence-electron chi connectivity index (χ3n) is 4.07. The highest BCUT2D eigenvalue weighted by Gasteiger charge is 2.15. The van der Waals surface area contributed by atoms with Gasteiger partial charge in [0, 0.05) is 21.6 Å². The summed E-state index contributed by atoms with van der Waals surface area (Å²) in [4.78, 5) is 22.3. The lowest BCUT2D eigenvalue weighted by atomic mass is 10.2. The monoisotopic (exact) mass is 422 g/mol. The Hall–Kier alpha value is -2.90. The van der Waals surface area contributed by atoms with Crippen molar-refractivity contribution in [2.45, 2.75) is 24.2 Å². The van der Waals surface area contributed by atoms with Crippen LogP contribution in [0.15, 0.2) is 75.6 Å². The van der Waals surface area contributed by atoms with Crippen LogP contribution in [0.25, 0.3) is 11.5 Å². The van der Waals surface area contributed by atoms with Crippen LogP contribution in [0, 0.1) is 6.92 Å². The lowest BCUT2D eigenvalue weighted by Gasteiger charge is -2.08. The third-order valence-corrected chi connectivity index (χ3v) is 6.00. The maximum absolute atomic E-state index is 12.6. The van der Waals surface area contributed by atoms with Gasteiger partial charge in [0.1, 0.15) is 18.6 Å². The van der Waals surface area contributed by atoms with E-state index in [4.69, 9.17) is 9.15 Å². The zero-order valence-corrected chi connectivity index (χ0v) is 17.3. The number of aromatic nitrogens is 2. The average Bonchev–Trinajstić information content (AvgIpc) is 3.40. The summed E-state index contributed by atoms with van der Waals surface area (Å²) in [5, 5.41) is 3.08. The Balaban J connectivity index is 1.39. The first-order valence-electron chi connectivity index (χ1n) is 8.99. The summed E-state index contributed by atoms with van der Waals surface area (Å²) in [5.74, 6) is 0.830. The molecule has 2 aromatic carbocycles. The molecule has 0 saturated heterocycles. The minimum absolute atomic E-state index is 0.0550. The molecule has 0 unspecified atom stereocenters. The Morgan fingerprint density at radius 3 is 2.66 bits per heavy atom. The topological polar surface area (TPSA) is 65.2 Å². The summed E-state index contributed by atoms with van der Waals surface area (Å²) in [5.41, 5.74) is 3.00. The molecule has 0 N–H and O–H groups in total. The van der Waals surface area contributed by atoms with Gasteiger partial charge in [-0.1, -0.05) is 30.3 Å². The Morgan fingerprint density at radius 2 is 1.86 bits per heavy atom. The second kappa shape index (κ2) is 9.07. The van der Waals surface area contributed by atoms with Crippen molar-refractivity contribution in [3.05, 3.63) is 88.2 Å². The van der Waals surface area contributed by atoms with Crippen molar-refractivity contribution in [3.8, 4) is 11.5 Å². The van der Waals surface area contributed by atoms with Crippen molar-refractivity contribution < 1.29 is 13.9 Å². The van der Waals surface area contributed by atoms with Gasteiger partial charge in [-0.3, -0.25) is 0 Å². The normalized spacial score (nSPS) is 10.8. The number of aryl methyl sites for hydroxylation is 1. The van der Waals surface area contributed by atoms with Gasteiger partial charge >= 0.3 is 5.97 Å². The molecular formula is C22H18N2O3S2. The Bertz CT molecular complexity index is 1110. The van der Waals surface area contributed by atoms with E-state index in [0.29, 0.717) is 22.9 Å². The molecule has 0 spiro atoms. The van der Waals surface area contributed by atoms with E-state index in [9.17, 15) is 4.79 Å². The second-order valence-corrected chi connectivity index (χ2v) is 8.31. The fourth-order valence-corrected chi connectivity index (χ4v) is 4.34. The van der Waals surface area contributed by atoms with Crippen LogP contribution in [-0.4, -0.2) is 15.9 Å². The van der Waals surface area contributed by atoms with Crippen molar-refractivity contribution >= 4 is 29.1 Å². The maximum Gasteiger partial charge on any atom is 0.339 e. The van der Waals surface area contributed by atoms with Gasteiger partial charge in [-0.25, -0.2) is 14.8 Å². The molecule has 0 fully saturated rings. The predicted octanol–water partition coefficient (Wildman–Crippen LogP) is 5.76. The van der Waals surface area contributed by atoms with Gasteiger partial charge in [0.25, 0.3) is 0 Å². The summed E-state index contributed by atoms with van der Waals surface area (Å²) in [7, 11) is 0. The molecule has 0 aliphatic rings. The van der Waals surface area contributed by atoms with Crippen molar-refractivity contribution in [2.24, 2.45) is 0 Å². The van der Waals surface area contributed by atoms with Crippen LogP contribution in [0.1, 0.15) is 26.8 Å². The van der Waals surface area contributed by atoms with Gasteiger partial charge in [0.2, 0.25) is 5.89 Å². The molecule has 4 aromatic rings. The number of thioether (sulfide) groups is 1. The fourth-order valence-electron chi connectivity index (χ4n) is 2.69. The van der Waals surface area contributed by atoms with Crippen molar-refractivity contribution in [1.29, 1.82) is 0 Å². The molecular weight excluding hydrogens is 404 g/mol. The van der Waals surface area contributed by atoms with Gasteiger partial charge in [0.15, 0.2) is 0 Å². The van der Waals surface area contributed by atoms with E-state index in [0.717, 1.165) is 21.2 Å². The SMILES string of the molecule is Cc1nc(CSc2ccccc2C(=O)OCc2coc(-c3ccccc3)n2)cs1. The van der Waals surface area contributed by atoms with Crippen LogP contribution in [0.3, 0.4) is 0 Å². The van der Waals surface area contributed by atoms with Crippen LogP contribution in [0.5, 0.6) is 0 Å². The first-order chi connectivity index (χ1) is 14.2. The molecule has 0 amide bonds. The highest BCUT2D eigenvalue weighted by Crippen LogP contribution is 2.27. The number of carbonyl (C=O) groups is 1. The van der Waals surface area contributed by atoms with Gasteiger partial charge in [-0.15, -0.1) is 23.1 Å². The zero-order valence-electron chi connectivity index (χ0n) is 15.7. The van der Waals surface area contributed by atoms with Crippen LogP contribution >= 0.6 is 23.1 Å². The number of ether oxygens (including phenoxy) is 1. The molecule has 0 aliphatic carbocycles. The molecule has 0 bridgehead atoms. The molecule has 2 heterocycles. The Morgan fingerprint density at radius 1 is 1.07 bits per heavy atom. The zero-order chi connectivity index (χ0) is 20.1. The van der Waals surface area contributed by atoms with Crippen LogP contribution in [-0.2, 0) is 17.1 Å². The molecule has 0 saturated carbocycles. The first-order valence-corrected chi connectivity index (χ1v) is 10.9. The lowest BCUT2D eigenvalue weighted by Crippen LogP contribution is -2.07. The number of esters is 1. The number of nitrogens with zero attached hydrogens (tertiary/aromatic N) is 2. The van der Waals surface area contributed by atoms with Crippen LogP contribution in [0.2, 0.25) is 0 Å². The Labute approximate surface area is 176 Å². The molecule has 4 rings (SSSR count). The number of rotatable bonds is 7. The van der Waals surface area contributed by atoms with E-state index in [1.807, 2.05) is 60.8 Å². The van der Waals surface area contributed by atoms with E-state index >= 15 is 0 Å². The van der Waals surface area contributed by atoms with E-state index < -0.39 is 0 Å². The number of oxazole rings is 1. The Kier molecular flexibility index (Phi) is 6.07. The molecule has 0 radical (unpaired) electrons. The summed E-state index contributed by atoms with van der Waals surface area (Å²) in [6.07, 6.45) is 1.51. The number of carbonyl (C=O) groups excluding carboxylic acids is 1. The maximum atomic E-state index is 12.6. The van der Waals surface area contributed by atoms with Gasteiger partial charge < -0.3 is 9.15 Å². The van der Waals surface area contributed by atoms with Crippen molar-refractivity contribution in [2.75, 3.05) is 0 Å². The van der Waals surface area contributed by atoms with E-state index in [2.05, 4.69) is 9.97 Å². The molecule has 2 aromatic heterocycles. The summed E-state index contributed by atoms with van der Waals surface area (Å²) in [6.45, 7) is 2.04. The molecule has 29 heavy (non-hydrogen) atoms. The van der Waals surface area contributed by atoms with E-state index in [-0.39, 0.29) is 12.6 Å². The standard InChI is InChI=1S/C22H18N2O3S2/c1-15-23-18(13-28-15)14-29-20-10-6-5-9-19(20)22(25)27-12-17-11-26-21(24-17)16-7-3-2-4-8-16/h2-11,13H,12,14H2,1H3. The second-order valence-electron chi connectivity index (χ2n) is 6.23. The van der Waals surface area contributed by atoms with Gasteiger partial charge in [-0.05, 0) is 31.2 Å². The number of hydrogen-bond donors (Lipinski definition) is 0. The highest BCUT2D eigenvalue weighted by molar-refractivity contribution is 7.98. The first kappa shape index (κ1) is 19.4. The quantitative estimate of drug-likeness (QED) is 0.279. The summed E-state index contributed by atoms with van der Waals surface area (Å²) >= 11 is 3.20. The van der Waals surface area contributed by atoms with E-state index in [1.165, 1.54) is 6.26 Å². The predicted molar refractivity (Wildman–Crippen MR) is 114 cm³/mol. The van der Waals surface area contributed by atoms with E-state index in [1.54, 1.807) is 29.2 Å². The molecule has 0 aliphatic heterocycles. The summed E-state index contributed by atoms with van der Waals surface area (Å²) in [6, 6.07) is 17.0. The van der Waals surface area contributed by atoms with Crippen molar-refractivity contribution in [1.82, 2.24) is 9.97 Å². The van der Waals surface area contributed by atoms with Crippen molar-refractivity contribution in [3.63, 3.8) is 0 Å². The fraction of sp³-hybridized carbons (Fsp3) is 0.136. The largest absolute Gasteiger partial charge is 0.455 e. The minimum atomic E-state index is -0.383. The summed E-state index contributed by atoms with van der Waals surface area (Å²) < 4.78 is 11.0. The average molecular weight is 423 g/mol. The number of thiazole rings is 1. The minimum Gasteiger partial charge on any atom is -0.455 e. The molecule has 5 nitrogen and oxygen atoms in total. The smallest absolute Gasteiger partial charge is 0.339 e. The van der Waals surface area contributed by atoms with Crippen LogP contribution < -0.4 is 0 Å². The van der Waals surface area contributed by atoms with Gasteiger partial charge in [-0.2, -0.15) is 0 Å². The highest BCUT2D eigenvalue weighted by atomic mass is 32.2.